The lowest BCUT2D eigenvalue weighted by atomic mass is 9.86. The summed E-state index contributed by atoms with van der Waals surface area (Å²) in [6, 6.07) is 3.00. The fourth-order valence-corrected chi connectivity index (χ4v) is 4.43. The first-order valence-corrected chi connectivity index (χ1v) is 11.3. The second-order valence-corrected chi connectivity index (χ2v) is 9.25. The summed E-state index contributed by atoms with van der Waals surface area (Å²) in [5, 5.41) is 14.8. The van der Waals surface area contributed by atoms with E-state index in [-0.39, 0.29) is 55.2 Å². The van der Waals surface area contributed by atoms with Crippen LogP contribution in [0.5, 0.6) is 5.75 Å². The van der Waals surface area contributed by atoms with E-state index in [1.807, 2.05) is 0 Å². The van der Waals surface area contributed by atoms with Gasteiger partial charge in [-0.05, 0) is 30.7 Å². The molecule has 190 valence electrons. The molecule has 3 heterocycles. The molecule has 1 saturated carbocycles. The number of anilines is 1. The van der Waals surface area contributed by atoms with Crippen LogP contribution in [-0.2, 0) is 11.3 Å². The Bertz CT molecular complexity index is 1120. The molecule has 0 radical (unpaired) electrons. The van der Waals surface area contributed by atoms with Crippen molar-refractivity contribution in [2.75, 3.05) is 18.4 Å². The molecule has 2 aliphatic rings. The fourth-order valence-electron chi connectivity index (χ4n) is 4.43. The van der Waals surface area contributed by atoms with Gasteiger partial charge in [-0.1, -0.05) is 0 Å². The summed E-state index contributed by atoms with van der Waals surface area (Å²) in [7, 11) is 0. The number of hydrogen-bond acceptors (Lipinski definition) is 6. The molecule has 0 aromatic carbocycles. The Labute approximate surface area is 198 Å². The first-order valence-electron chi connectivity index (χ1n) is 11.3. The van der Waals surface area contributed by atoms with Gasteiger partial charge in [-0.3, -0.25) is 14.5 Å². The van der Waals surface area contributed by atoms with Crippen LogP contribution in [0, 0.1) is 0 Å². The van der Waals surface area contributed by atoms with E-state index < -0.39 is 47.7 Å². The number of likely N-dealkylation sites (tertiary alicyclic amines) is 1. The molecule has 2 fully saturated rings. The maximum Gasteiger partial charge on any atom is 0.257 e. The predicted octanol–water partition coefficient (Wildman–Crippen LogP) is 2.81. The van der Waals surface area contributed by atoms with Gasteiger partial charge in [0.2, 0.25) is 5.91 Å². The van der Waals surface area contributed by atoms with Crippen LogP contribution < -0.4 is 16.2 Å². The minimum atomic E-state index is -3.07. The third-order valence-corrected chi connectivity index (χ3v) is 6.66. The smallest absolute Gasteiger partial charge is 0.257 e. The number of nitrogens with zero attached hydrogens (tertiary/aromatic N) is 2. The van der Waals surface area contributed by atoms with Crippen LogP contribution in [0.1, 0.15) is 43.2 Å². The van der Waals surface area contributed by atoms with Gasteiger partial charge >= 0.3 is 0 Å². The van der Waals surface area contributed by atoms with Gasteiger partial charge in [-0.2, -0.15) is 0 Å². The quantitative estimate of drug-likeness (QED) is 0.438. The maximum atomic E-state index is 14.9. The number of carbonyl (C=O) groups excluding carboxylic acids is 1. The lowest BCUT2D eigenvalue weighted by molar-refractivity contribution is -0.125. The van der Waals surface area contributed by atoms with Crippen LogP contribution in [0.4, 0.5) is 23.4 Å². The Balaban J connectivity index is 1.44. The van der Waals surface area contributed by atoms with Gasteiger partial charge in [0.25, 0.3) is 17.4 Å². The van der Waals surface area contributed by atoms with Gasteiger partial charge in [0.05, 0.1) is 18.2 Å². The molecule has 8 nitrogen and oxygen atoms in total. The number of aromatic nitrogens is 2. The topological polar surface area (TPSA) is 110 Å². The molecule has 1 aliphatic carbocycles. The first kappa shape index (κ1) is 25.1. The van der Waals surface area contributed by atoms with Crippen molar-refractivity contribution in [2.24, 2.45) is 0 Å². The normalized spacial score (nSPS) is 22.8. The molecular weight excluding hydrogens is 470 g/mol. The largest absolute Gasteiger partial charge is 0.506 e. The SMILES string of the molecule is C[C@@H](C(=O)Nc1ccc(O)cn1)N1CCC(F)(F)[C@@H](c2c[nH]c(=O)c(CNC3CC(F)(F)C3)c2)C1. The van der Waals surface area contributed by atoms with E-state index in [1.54, 1.807) is 11.8 Å². The molecule has 1 amide bonds. The van der Waals surface area contributed by atoms with Crippen molar-refractivity contribution in [3.05, 3.63) is 52.1 Å². The molecule has 2 aromatic heterocycles. The third-order valence-electron chi connectivity index (χ3n) is 6.66. The van der Waals surface area contributed by atoms with Crippen molar-refractivity contribution < 1.29 is 27.5 Å². The Morgan fingerprint density at radius 3 is 2.71 bits per heavy atom. The molecular formula is C23H27F4N5O3. The zero-order chi connectivity index (χ0) is 25.4. The molecule has 35 heavy (non-hydrogen) atoms. The predicted molar refractivity (Wildman–Crippen MR) is 120 cm³/mol. The molecule has 4 N–H and O–H groups in total. The van der Waals surface area contributed by atoms with E-state index in [0.717, 1.165) is 0 Å². The molecule has 12 heteroatoms. The minimum Gasteiger partial charge on any atom is -0.506 e. The summed E-state index contributed by atoms with van der Waals surface area (Å²) in [6.45, 7) is 1.46. The zero-order valence-corrected chi connectivity index (χ0v) is 19.0. The van der Waals surface area contributed by atoms with Crippen molar-refractivity contribution in [2.45, 2.75) is 62.6 Å². The number of hydrogen-bond donors (Lipinski definition) is 4. The summed E-state index contributed by atoms with van der Waals surface area (Å²) >= 11 is 0. The number of halogens is 4. The first-order chi connectivity index (χ1) is 16.4. The summed E-state index contributed by atoms with van der Waals surface area (Å²) < 4.78 is 55.9. The fraction of sp³-hybridized carbons (Fsp3) is 0.522. The number of pyridine rings is 2. The van der Waals surface area contributed by atoms with E-state index in [4.69, 9.17) is 0 Å². The van der Waals surface area contributed by atoms with E-state index in [0.29, 0.717) is 0 Å². The lowest BCUT2D eigenvalue weighted by Gasteiger charge is -2.40. The number of amides is 1. The van der Waals surface area contributed by atoms with Crippen molar-refractivity contribution in [1.29, 1.82) is 0 Å². The minimum absolute atomic E-state index is 0.00521. The second-order valence-electron chi connectivity index (χ2n) is 9.25. The van der Waals surface area contributed by atoms with Crippen LogP contribution >= 0.6 is 0 Å². The number of H-pyrrole nitrogens is 1. The monoisotopic (exact) mass is 497 g/mol. The average molecular weight is 497 g/mol. The van der Waals surface area contributed by atoms with Crippen LogP contribution in [0.15, 0.2) is 35.4 Å². The van der Waals surface area contributed by atoms with Crippen molar-refractivity contribution >= 4 is 11.7 Å². The van der Waals surface area contributed by atoms with Crippen LogP contribution in [0.2, 0.25) is 0 Å². The second kappa shape index (κ2) is 9.57. The Morgan fingerprint density at radius 1 is 1.31 bits per heavy atom. The highest BCUT2D eigenvalue weighted by Gasteiger charge is 2.47. The molecule has 4 rings (SSSR count). The summed E-state index contributed by atoms with van der Waals surface area (Å²) in [6.07, 6.45) is 1.31. The van der Waals surface area contributed by atoms with Crippen LogP contribution in [-0.4, -0.2) is 62.9 Å². The van der Waals surface area contributed by atoms with Gasteiger partial charge < -0.3 is 20.7 Å². The molecule has 2 atom stereocenters. The number of piperidine rings is 1. The molecule has 0 bridgehead atoms. The Hall–Kier alpha value is -2.99. The summed E-state index contributed by atoms with van der Waals surface area (Å²) in [4.78, 5) is 32.9. The van der Waals surface area contributed by atoms with E-state index in [2.05, 4.69) is 20.6 Å². The number of alkyl halides is 4. The van der Waals surface area contributed by atoms with Crippen LogP contribution in [0.25, 0.3) is 0 Å². The molecule has 1 aliphatic heterocycles. The van der Waals surface area contributed by atoms with Crippen molar-refractivity contribution in [1.82, 2.24) is 20.2 Å². The van der Waals surface area contributed by atoms with E-state index in [1.165, 1.54) is 30.6 Å². The molecule has 0 unspecified atom stereocenters. The van der Waals surface area contributed by atoms with E-state index in [9.17, 15) is 32.3 Å². The third kappa shape index (κ3) is 5.81. The average Bonchev–Trinajstić information content (AvgIpc) is 2.78. The maximum absolute atomic E-state index is 14.9. The number of aromatic amines is 1. The van der Waals surface area contributed by atoms with Gasteiger partial charge in [0.15, 0.2) is 0 Å². The van der Waals surface area contributed by atoms with Crippen LogP contribution in [0.3, 0.4) is 0 Å². The summed E-state index contributed by atoms with van der Waals surface area (Å²) in [5.41, 5.74) is -0.0739. The molecule has 2 aromatic rings. The van der Waals surface area contributed by atoms with E-state index >= 15 is 0 Å². The van der Waals surface area contributed by atoms with Crippen molar-refractivity contribution in [3.63, 3.8) is 0 Å². The van der Waals surface area contributed by atoms with Gasteiger partial charge in [-0.25, -0.2) is 22.5 Å². The van der Waals surface area contributed by atoms with Crippen molar-refractivity contribution in [3.8, 4) is 5.75 Å². The standard InChI is InChI=1S/C23H27F4N5O3/c1-13(20(34)31-19-3-2-17(33)11-29-19)32-5-4-23(26,27)18(12-32)14-6-15(21(35)30-9-14)10-28-16-7-22(24,25)8-16/h2-3,6,9,11,13,16,18,28,33H,4-5,7-8,10,12H2,1H3,(H,30,35)(H,29,31,34)/t13-,18+/m0/s1. The highest BCUT2D eigenvalue weighted by molar-refractivity contribution is 5.93. The number of aromatic hydroxyl groups is 1. The zero-order valence-electron chi connectivity index (χ0n) is 19.0. The lowest BCUT2D eigenvalue weighted by Crippen LogP contribution is -2.52. The van der Waals surface area contributed by atoms with Gasteiger partial charge in [0, 0.05) is 56.7 Å². The molecule has 0 spiro atoms. The molecule has 1 saturated heterocycles. The van der Waals surface area contributed by atoms with Gasteiger partial charge in [-0.15, -0.1) is 0 Å². The highest BCUT2D eigenvalue weighted by atomic mass is 19.3. The number of rotatable bonds is 7. The van der Waals surface area contributed by atoms with Gasteiger partial charge in [0.1, 0.15) is 11.6 Å². The Kier molecular flexibility index (Phi) is 6.87. The number of carbonyl (C=O) groups is 1. The Morgan fingerprint density at radius 2 is 2.06 bits per heavy atom. The number of nitrogens with one attached hydrogen (secondary N) is 3. The summed E-state index contributed by atoms with van der Waals surface area (Å²) in [5.74, 6) is -7.32. The highest BCUT2D eigenvalue weighted by Crippen LogP contribution is 2.41.